The highest BCUT2D eigenvalue weighted by atomic mass is 19.3. The first kappa shape index (κ1) is 14.6. The Balaban J connectivity index is 2.54. The third kappa shape index (κ3) is 3.78. The first-order valence-electron chi connectivity index (χ1n) is 5.33. The predicted octanol–water partition coefficient (Wildman–Crippen LogP) is 1.34. The highest BCUT2D eigenvalue weighted by Gasteiger charge is 2.19. The van der Waals surface area contributed by atoms with E-state index in [2.05, 4.69) is 10.1 Å². The molecule has 1 rings (SSSR count). The van der Waals surface area contributed by atoms with Gasteiger partial charge in [0.1, 0.15) is 11.9 Å². The lowest BCUT2D eigenvalue weighted by Gasteiger charge is -2.14. The number of carbonyl (C=O) groups is 1. The van der Waals surface area contributed by atoms with Gasteiger partial charge in [-0.2, -0.15) is 0 Å². The van der Waals surface area contributed by atoms with Crippen LogP contribution in [0.25, 0.3) is 0 Å². The highest BCUT2D eigenvalue weighted by Crippen LogP contribution is 2.17. The van der Waals surface area contributed by atoms with Crippen molar-refractivity contribution in [2.75, 3.05) is 13.7 Å². The molecule has 0 saturated heterocycles. The summed E-state index contributed by atoms with van der Waals surface area (Å²) in [6, 6.07) is 2.57. The molecule has 0 aliphatic heterocycles. The molecule has 2 atom stereocenters. The van der Waals surface area contributed by atoms with Gasteiger partial charge in [0.25, 0.3) is 6.43 Å². The number of aliphatic hydroxyl groups is 1. The van der Waals surface area contributed by atoms with Gasteiger partial charge in [-0.15, -0.1) is 0 Å². The Bertz CT molecular complexity index is 394. The molecule has 7 heteroatoms. The normalized spacial score (nSPS) is 14.6. The van der Waals surface area contributed by atoms with Gasteiger partial charge in [0, 0.05) is 6.54 Å². The maximum Gasteiger partial charge on any atom is 0.373 e. The lowest BCUT2D eigenvalue weighted by Crippen LogP contribution is -2.33. The van der Waals surface area contributed by atoms with Crippen LogP contribution >= 0.6 is 0 Å². The smallest absolute Gasteiger partial charge is 0.373 e. The summed E-state index contributed by atoms with van der Waals surface area (Å²) in [4.78, 5) is 11.1. The number of halogens is 2. The molecule has 0 bridgehead atoms. The average molecular weight is 263 g/mol. The van der Waals surface area contributed by atoms with E-state index in [1.165, 1.54) is 13.2 Å². The Morgan fingerprint density at radius 2 is 2.22 bits per heavy atom. The van der Waals surface area contributed by atoms with Crippen LogP contribution in [0.4, 0.5) is 8.78 Å². The second-order valence-electron chi connectivity index (χ2n) is 3.73. The number of methoxy groups -OCH3 is 1. The largest absolute Gasteiger partial charge is 0.463 e. The van der Waals surface area contributed by atoms with Crippen LogP contribution < -0.4 is 5.32 Å². The SMILES string of the molecule is COC(=O)c1ccc(C(C)NCC(O)C(F)F)o1. The fourth-order valence-electron chi connectivity index (χ4n) is 1.28. The summed E-state index contributed by atoms with van der Waals surface area (Å²) in [5.74, 6) is -0.173. The van der Waals surface area contributed by atoms with Crippen LogP contribution in [0.15, 0.2) is 16.5 Å². The molecule has 1 aromatic heterocycles. The Morgan fingerprint density at radius 3 is 2.78 bits per heavy atom. The Hall–Kier alpha value is -1.47. The molecule has 5 nitrogen and oxygen atoms in total. The van der Waals surface area contributed by atoms with E-state index in [1.54, 1.807) is 13.0 Å². The summed E-state index contributed by atoms with van der Waals surface area (Å²) in [6.07, 6.45) is -4.53. The summed E-state index contributed by atoms with van der Waals surface area (Å²) < 4.78 is 33.8. The molecular weight excluding hydrogens is 248 g/mol. The molecule has 18 heavy (non-hydrogen) atoms. The molecule has 0 radical (unpaired) electrons. The van der Waals surface area contributed by atoms with Gasteiger partial charge >= 0.3 is 5.97 Å². The fraction of sp³-hybridized carbons (Fsp3) is 0.545. The van der Waals surface area contributed by atoms with Gasteiger partial charge in [-0.05, 0) is 19.1 Å². The molecule has 0 saturated carbocycles. The number of nitrogens with one attached hydrogen (secondary N) is 1. The number of hydrogen-bond acceptors (Lipinski definition) is 5. The zero-order chi connectivity index (χ0) is 13.7. The molecule has 0 spiro atoms. The topological polar surface area (TPSA) is 71.7 Å². The Labute approximate surface area is 103 Å². The molecule has 0 fully saturated rings. The Kier molecular flexibility index (Phi) is 5.24. The van der Waals surface area contributed by atoms with E-state index in [0.717, 1.165) is 0 Å². The van der Waals surface area contributed by atoms with Crippen molar-refractivity contribution < 1.29 is 27.8 Å². The maximum atomic E-state index is 12.1. The number of ether oxygens (including phenoxy) is 1. The number of esters is 1. The van der Waals surface area contributed by atoms with Gasteiger partial charge in [0.2, 0.25) is 5.76 Å². The first-order chi connectivity index (χ1) is 8.45. The van der Waals surface area contributed by atoms with Crippen molar-refractivity contribution in [2.24, 2.45) is 0 Å². The van der Waals surface area contributed by atoms with Gasteiger partial charge in [-0.25, -0.2) is 13.6 Å². The third-order valence-corrected chi connectivity index (χ3v) is 2.36. The Morgan fingerprint density at radius 1 is 1.56 bits per heavy atom. The van der Waals surface area contributed by atoms with E-state index < -0.39 is 24.5 Å². The predicted molar refractivity (Wildman–Crippen MR) is 58.5 cm³/mol. The van der Waals surface area contributed by atoms with Crippen LogP contribution in [0.3, 0.4) is 0 Å². The summed E-state index contributed by atoms with van der Waals surface area (Å²) in [5.41, 5.74) is 0. The highest BCUT2D eigenvalue weighted by molar-refractivity contribution is 5.86. The van der Waals surface area contributed by atoms with Crippen LogP contribution in [0.5, 0.6) is 0 Å². The lowest BCUT2D eigenvalue weighted by molar-refractivity contribution is -0.00469. The summed E-state index contributed by atoms with van der Waals surface area (Å²) in [6.45, 7) is 1.39. The van der Waals surface area contributed by atoms with Crippen molar-refractivity contribution in [1.29, 1.82) is 0 Å². The van der Waals surface area contributed by atoms with Crippen LogP contribution in [-0.2, 0) is 4.74 Å². The van der Waals surface area contributed by atoms with E-state index >= 15 is 0 Å². The molecular formula is C11H15F2NO4. The summed E-state index contributed by atoms with van der Waals surface area (Å²) in [5, 5.41) is 11.6. The monoisotopic (exact) mass is 263 g/mol. The second kappa shape index (κ2) is 6.46. The standard InChI is InChI=1S/C11H15F2NO4/c1-6(14-5-7(15)10(12)13)8-3-4-9(18-8)11(16)17-2/h3-4,6-7,10,14-15H,5H2,1-2H3. The molecule has 2 N–H and O–H groups in total. The fourth-order valence-corrected chi connectivity index (χ4v) is 1.28. The van der Waals surface area contributed by atoms with Gasteiger partial charge in [-0.3, -0.25) is 0 Å². The molecule has 1 aromatic rings. The quantitative estimate of drug-likeness (QED) is 0.758. The zero-order valence-electron chi connectivity index (χ0n) is 10.0. The third-order valence-electron chi connectivity index (χ3n) is 2.36. The van der Waals surface area contributed by atoms with Crippen LogP contribution in [-0.4, -0.2) is 37.3 Å². The molecule has 0 aliphatic rings. The molecule has 0 amide bonds. The van der Waals surface area contributed by atoms with Crippen molar-refractivity contribution in [3.05, 3.63) is 23.7 Å². The molecule has 0 aromatic carbocycles. The average Bonchev–Trinajstić information content (AvgIpc) is 2.83. The van der Waals surface area contributed by atoms with Crippen LogP contribution in [0, 0.1) is 0 Å². The van der Waals surface area contributed by atoms with E-state index in [0.29, 0.717) is 5.76 Å². The number of alkyl halides is 2. The minimum Gasteiger partial charge on any atom is -0.463 e. The van der Waals surface area contributed by atoms with Crippen molar-refractivity contribution in [3.8, 4) is 0 Å². The van der Waals surface area contributed by atoms with E-state index in [9.17, 15) is 13.6 Å². The number of furan rings is 1. The summed E-state index contributed by atoms with van der Waals surface area (Å²) in [7, 11) is 1.23. The first-order valence-corrected chi connectivity index (χ1v) is 5.33. The minimum atomic E-state index is -2.80. The zero-order valence-corrected chi connectivity index (χ0v) is 10.0. The van der Waals surface area contributed by atoms with Crippen molar-refractivity contribution in [3.63, 3.8) is 0 Å². The van der Waals surface area contributed by atoms with Crippen LogP contribution in [0.1, 0.15) is 29.3 Å². The van der Waals surface area contributed by atoms with E-state index in [4.69, 9.17) is 9.52 Å². The molecule has 0 aliphatic carbocycles. The molecule has 1 heterocycles. The van der Waals surface area contributed by atoms with Crippen LogP contribution in [0.2, 0.25) is 0 Å². The number of hydrogen-bond donors (Lipinski definition) is 2. The van der Waals surface area contributed by atoms with Gasteiger partial charge in [-0.1, -0.05) is 0 Å². The lowest BCUT2D eigenvalue weighted by atomic mass is 10.2. The number of aliphatic hydroxyl groups excluding tert-OH is 1. The van der Waals surface area contributed by atoms with Crippen molar-refractivity contribution >= 4 is 5.97 Å². The van der Waals surface area contributed by atoms with Crippen molar-refractivity contribution in [1.82, 2.24) is 5.32 Å². The van der Waals surface area contributed by atoms with Crippen molar-refractivity contribution in [2.45, 2.75) is 25.5 Å². The molecule has 2 unspecified atom stereocenters. The molecule has 102 valence electrons. The maximum absolute atomic E-state index is 12.1. The second-order valence-corrected chi connectivity index (χ2v) is 3.73. The van der Waals surface area contributed by atoms with Gasteiger partial charge < -0.3 is 19.6 Å². The van der Waals surface area contributed by atoms with Gasteiger partial charge in [0.05, 0.1) is 13.2 Å². The minimum absolute atomic E-state index is 0.0376. The van der Waals surface area contributed by atoms with E-state index in [1.807, 2.05) is 0 Å². The number of carbonyl (C=O) groups excluding carboxylic acids is 1. The van der Waals surface area contributed by atoms with E-state index in [-0.39, 0.29) is 12.3 Å². The van der Waals surface area contributed by atoms with Gasteiger partial charge in [0.15, 0.2) is 0 Å². The number of rotatable bonds is 6. The summed E-state index contributed by atoms with van der Waals surface area (Å²) >= 11 is 0.